The fourth-order valence-corrected chi connectivity index (χ4v) is 1.90. The van der Waals surface area contributed by atoms with Crippen molar-refractivity contribution in [1.29, 1.82) is 0 Å². The molecule has 2 N–H and O–H groups in total. The number of phenols is 1. The Morgan fingerprint density at radius 2 is 2.17 bits per heavy atom. The number of benzene rings is 1. The zero-order valence-electron chi connectivity index (χ0n) is 10.3. The number of ether oxygens (including phenoxy) is 1. The summed E-state index contributed by atoms with van der Waals surface area (Å²) in [6, 6.07) is 6.35. The lowest BCUT2D eigenvalue weighted by atomic mass is 10.2. The average Bonchev–Trinajstić information content (AvgIpc) is 2.40. The zero-order valence-corrected chi connectivity index (χ0v) is 10.3. The zero-order chi connectivity index (χ0) is 12.8. The maximum atomic E-state index is 11.8. The van der Waals surface area contributed by atoms with Crippen molar-refractivity contribution in [3.05, 3.63) is 29.8 Å². The number of rotatable bonds is 4. The van der Waals surface area contributed by atoms with Gasteiger partial charge in [0.2, 0.25) is 0 Å². The van der Waals surface area contributed by atoms with E-state index in [-0.39, 0.29) is 11.7 Å². The van der Waals surface area contributed by atoms with E-state index in [1.54, 1.807) is 18.2 Å². The smallest absolute Gasteiger partial charge is 0.251 e. The molecule has 1 aromatic carbocycles. The standard InChI is InChI=1S/C13H18N2O3/c16-12-3-1-2-11(10-12)13(17)14-4-5-15-6-8-18-9-7-15/h1-3,10,16H,4-9H2,(H,14,17). The second-order valence-electron chi connectivity index (χ2n) is 4.26. The lowest BCUT2D eigenvalue weighted by Crippen LogP contribution is -2.41. The van der Waals surface area contributed by atoms with Gasteiger partial charge in [-0.1, -0.05) is 6.07 Å². The van der Waals surface area contributed by atoms with Crippen molar-refractivity contribution in [3.8, 4) is 5.75 Å². The van der Waals surface area contributed by atoms with E-state index in [0.717, 1.165) is 32.8 Å². The molecule has 1 aliphatic heterocycles. The van der Waals surface area contributed by atoms with Crippen molar-refractivity contribution in [3.63, 3.8) is 0 Å². The van der Waals surface area contributed by atoms with E-state index in [1.807, 2.05) is 0 Å². The van der Waals surface area contributed by atoms with Gasteiger partial charge in [-0.05, 0) is 18.2 Å². The minimum atomic E-state index is -0.154. The molecule has 98 valence electrons. The summed E-state index contributed by atoms with van der Waals surface area (Å²) in [6.07, 6.45) is 0. The molecule has 1 aliphatic rings. The first kappa shape index (κ1) is 12.9. The maximum Gasteiger partial charge on any atom is 0.251 e. The molecule has 1 aromatic rings. The Hall–Kier alpha value is -1.59. The Labute approximate surface area is 106 Å². The van der Waals surface area contributed by atoms with Gasteiger partial charge in [0, 0.05) is 31.7 Å². The van der Waals surface area contributed by atoms with E-state index >= 15 is 0 Å². The van der Waals surface area contributed by atoms with E-state index < -0.39 is 0 Å². The molecule has 1 fully saturated rings. The number of amides is 1. The van der Waals surface area contributed by atoms with Crippen molar-refractivity contribution >= 4 is 5.91 Å². The Balaban J connectivity index is 1.74. The van der Waals surface area contributed by atoms with Crippen LogP contribution < -0.4 is 5.32 Å². The largest absolute Gasteiger partial charge is 0.508 e. The molecule has 0 aromatic heterocycles. The van der Waals surface area contributed by atoms with Crippen LogP contribution in [0.15, 0.2) is 24.3 Å². The van der Waals surface area contributed by atoms with Gasteiger partial charge in [0.1, 0.15) is 5.75 Å². The van der Waals surface area contributed by atoms with Crippen molar-refractivity contribution in [2.75, 3.05) is 39.4 Å². The number of phenolic OH excluding ortho intramolecular Hbond substituents is 1. The van der Waals surface area contributed by atoms with Crippen LogP contribution in [0.3, 0.4) is 0 Å². The summed E-state index contributed by atoms with van der Waals surface area (Å²) in [5.74, 6) is -0.0463. The van der Waals surface area contributed by atoms with Gasteiger partial charge in [-0.2, -0.15) is 0 Å². The molecule has 0 aliphatic carbocycles. The lowest BCUT2D eigenvalue weighted by molar-refractivity contribution is 0.0383. The molecule has 0 radical (unpaired) electrons. The number of hydrogen-bond acceptors (Lipinski definition) is 4. The number of nitrogens with one attached hydrogen (secondary N) is 1. The molecule has 18 heavy (non-hydrogen) atoms. The molecule has 1 amide bonds. The third-order valence-electron chi connectivity index (χ3n) is 2.93. The van der Waals surface area contributed by atoms with Crippen LogP contribution in [0.1, 0.15) is 10.4 Å². The van der Waals surface area contributed by atoms with Crippen LogP contribution in [-0.2, 0) is 4.74 Å². The topological polar surface area (TPSA) is 61.8 Å². The van der Waals surface area contributed by atoms with Crippen LogP contribution >= 0.6 is 0 Å². The van der Waals surface area contributed by atoms with Crippen molar-refractivity contribution in [2.24, 2.45) is 0 Å². The number of hydrogen-bond donors (Lipinski definition) is 2. The summed E-state index contributed by atoms with van der Waals surface area (Å²) in [4.78, 5) is 14.0. The molecular weight excluding hydrogens is 232 g/mol. The van der Waals surface area contributed by atoms with Crippen molar-refractivity contribution in [1.82, 2.24) is 10.2 Å². The molecule has 1 saturated heterocycles. The molecular formula is C13H18N2O3. The van der Waals surface area contributed by atoms with E-state index in [9.17, 15) is 9.90 Å². The van der Waals surface area contributed by atoms with Gasteiger partial charge in [0.05, 0.1) is 13.2 Å². The van der Waals surface area contributed by atoms with E-state index in [0.29, 0.717) is 12.1 Å². The van der Waals surface area contributed by atoms with Crippen molar-refractivity contribution < 1.29 is 14.6 Å². The van der Waals surface area contributed by atoms with Gasteiger partial charge in [-0.15, -0.1) is 0 Å². The summed E-state index contributed by atoms with van der Waals surface area (Å²) in [7, 11) is 0. The summed E-state index contributed by atoms with van der Waals surface area (Å²) in [6.45, 7) is 4.80. The van der Waals surface area contributed by atoms with E-state index in [1.165, 1.54) is 6.07 Å². The quantitative estimate of drug-likeness (QED) is 0.814. The van der Waals surface area contributed by atoms with Crippen LogP contribution in [0.4, 0.5) is 0 Å². The predicted molar refractivity (Wildman–Crippen MR) is 67.7 cm³/mol. The maximum absolute atomic E-state index is 11.8. The summed E-state index contributed by atoms with van der Waals surface area (Å²) in [5.41, 5.74) is 0.483. The highest BCUT2D eigenvalue weighted by molar-refractivity contribution is 5.94. The van der Waals surface area contributed by atoms with Gasteiger partial charge in [-0.3, -0.25) is 9.69 Å². The molecule has 5 nitrogen and oxygen atoms in total. The first-order valence-corrected chi connectivity index (χ1v) is 6.13. The summed E-state index contributed by atoms with van der Waals surface area (Å²) < 4.78 is 5.25. The molecule has 0 atom stereocenters. The summed E-state index contributed by atoms with van der Waals surface area (Å²) in [5, 5.41) is 12.1. The summed E-state index contributed by atoms with van der Waals surface area (Å²) >= 11 is 0. The second kappa shape index (κ2) is 6.37. The molecule has 1 heterocycles. The highest BCUT2D eigenvalue weighted by Crippen LogP contribution is 2.10. The minimum absolute atomic E-state index is 0.107. The number of morpholine rings is 1. The number of aromatic hydroxyl groups is 1. The monoisotopic (exact) mass is 250 g/mol. The van der Waals surface area contributed by atoms with Crippen LogP contribution in [-0.4, -0.2) is 55.3 Å². The Morgan fingerprint density at radius 3 is 2.89 bits per heavy atom. The molecule has 0 unspecified atom stereocenters. The number of nitrogens with zero attached hydrogens (tertiary/aromatic N) is 1. The van der Waals surface area contributed by atoms with Crippen LogP contribution in [0.25, 0.3) is 0 Å². The minimum Gasteiger partial charge on any atom is -0.508 e. The number of carbonyl (C=O) groups is 1. The van der Waals surface area contributed by atoms with Gasteiger partial charge < -0.3 is 15.2 Å². The highest BCUT2D eigenvalue weighted by atomic mass is 16.5. The third kappa shape index (κ3) is 3.72. The predicted octanol–water partition coefficient (Wildman–Crippen LogP) is 0.454. The molecule has 0 spiro atoms. The second-order valence-corrected chi connectivity index (χ2v) is 4.26. The normalized spacial score (nSPS) is 16.4. The molecule has 0 bridgehead atoms. The fourth-order valence-electron chi connectivity index (χ4n) is 1.90. The van der Waals surface area contributed by atoms with Crippen LogP contribution in [0, 0.1) is 0 Å². The van der Waals surface area contributed by atoms with E-state index in [4.69, 9.17) is 4.74 Å². The van der Waals surface area contributed by atoms with Gasteiger partial charge >= 0.3 is 0 Å². The van der Waals surface area contributed by atoms with E-state index in [2.05, 4.69) is 10.2 Å². The average molecular weight is 250 g/mol. The van der Waals surface area contributed by atoms with Gasteiger partial charge in [0.15, 0.2) is 0 Å². The Morgan fingerprint density at radius 1 is 1.39 bits per heavy atom. The molecule has 2 rings (SSSR count). The SMILES string of the molecule is O=C(NCCN1CCOCC1)c1cccc(O)c1. The van der Waals surface area contributed by atoms with Gasteiger partial charge in [-0.25, -0.2) is 0 Å². The van der Waals surface area contributed by atoms with Gasteiger partial charge in [0.25, 0.3) is 5.91 Å². The number of carbonyl (C=O) groups excluding carboxylic acids is 1. The highest BCUT2D eigenvalue weighted by Gasteiger charge is 2.10. The first-order valence-electron chi connectivity index (χ1n) is 6.13. The lowest BCUT2D eigenvalue weighted by Gasteiger charge is -2.26. The molecule has 5 heteroatoms. The van der Waals surface area contributed by atoms with Crippen LogP contribution in [0.5, 0.6) is 5.75 Å². The third-order valence-corrected chi connectivity index (χ3v) is 2.93. The fraction of sp³-hybridized carbons (Fsp3) is 0.462. The van der Waals surface area contributed by atoms with Crippen LogP contribution in [0.2, 0.25) is 0 Å². The molecule has 0 saturated carbocycles. The van der Waals surface area contributed by atoms with Crippen molar-refractivity contribution in [2.45, 2.75) is 0 Å². The first-order chi connectivity index (χ1) is 8.75. The Bertz CT molecular complexity index is 403. The Kier molecular flexibility index (Phi) is 4.55.